The monoisotopic (exact) mass is 922 g/mol. The molecule has 0 aliphatic carbocycles. The first kappa shape index (κ1) is 52.4. The molecular weight excluding hydrogens is 847 g/mol. The second-order valence-corrected chi connectivity index (χ2v) is 19.8. The standard InChI is InChI=1S/C48H75NO16/c1-15-35-48(11)39(63-45(53)65-48)27(3)21-26(2)23-46(9,54)40(62-43-38(59-32(8)50)34(49(12)13)22-28(4)57-43)29(5)37(30(6)42(51)60-35)61-36-24-47(10,55-14)41(31(7)58-36)64-44(52)56-25-33-19-17-16-18-20-33/h16-20,26-31,34-41,43,54H,15,21-25H2,1-14H3/t26-,27-,28+,29-,30+,31+,34-,35-,36-,37+,38+,39+,40+,41+,43-,46-,47-,48+/m0/s1. The van der Waals surface area contributed by atoms with Crippen molar-refractivity contribution in [2.24, 2.45) is 23.7 Å². The number of hydrogen-bond acceptors (Lipinski definition) is 17. The van der Waals surface area contributed by atoms with Crippen LogP contribution in [0, 0.1) is 23.7 Å². The highest BCUT2D eigenvalue weighted by Crippen LogP contribution is 2.44. The van der Waals surface area contributed by atoms with Crippen LogP contribution in [0.25, 0.3) is 0 Å². The molecule has 1 aromatic carbocycles. The highest BCUT2D eigenvalue weighted by atomic mass is 16.8. The minimum absolute atomic E-state index is 0.00578. The van der Waals surface area contributed by atoms with E-state index in [9.17, 15) is 24.3 Å². The summed E-state index contributed by atoms with van der Waals surface area (Å²) < 4.78 is 68.0. The number of esters is 2. The smallest absolute Gasteiger partial charge is 0.458 e. The zero-order valence-corrected chi connectivity index (χ0v) is 40.8. The van der Waals surface area contributed by atoms with Gasteiger partial charge in [-0.3, -0.25) is 9.59 Å². The summed E-state index contributed by atoms with van der Waals surface area (Å²) in [6.07, 6.45) is -9.14. The lowest BCUT2D eigenvalue weighted by Gasteiger charge is -2.49. The van der Waals surface area contributed by atoms with Gasteiger partial charge in [-0.2, -0.15) is 0 Å². The molecule has 4 aliphatic heterocycles. The fraction of sp³-hybridized carbons (Fsp3) is 0.792. The Labute approximate surface area is 384 Å². The first-order valence-corrected chi connectivity index (χ1v) is 23.1. The topological polar surface area (TPSA) is 193 Å². The molecule has 0 amide bonds. The van der Waals surface area contributed by atoms with Crippen LogP contribution in [0.4, 0.5) is 9.59 Å². The van der Waals surface area contributed by atoms with Gasteiger partial charge in [0.25, 0.3) is 0 Å². The van der Waals surface area contributed by atoms with Crippen molar-refractivity contribution in [2.45, 2.75) is 199 Å². The molecule has 17 nitrogen and oxygen atoms in total. The molecule has 0 saturated carbocycles. The van der Waals surface area contributed by atoms with Crippen molar-refractivity contribution in [1.82, 2.24) is 4.90 Å². The summed E-state index contributed by atoms with van der Waals surface area (Å²) in [6, 6.07) is 8.92. The lowest BCUT2D eigenvalue weighted by Crippen LogP contribution is -2.61. The van der Waals surface area contributed by atoms with Gasteiger partial charge in [0.15, 0.2) is 36.5 Å². The number of carbonyl (C=O) groups excluding carboxylic acids is 4. The number of hydrogen-bond donors (Lipinski definition) is 1. The number of nitrogens with zero attached hydrogens (tertiary/aromatic N) is 1. The molecule has 65 heavy (non-hydrogen) atoms. The van der Waals surface area contributed by atoms with E-state index in [0.29, 0.717) is 19.3 Å². The lowest BCUT2D eigenvalue weighted by molar-refractivity contribution is -0.319. The molecule has 0 radical (unpaired) electrons. The fourth-order valence-corrected chi connectivity index (χ4v) is 10.7. The number of fused-ring (bicyclic) bond motifs is 1. The summed E-state index contributed by atoms with van der Waals surface area (Å²) in [4.78, 5) is 55.1. The summed E-state index contributed by atoms with van der Waals surface area (Å²) in [5, 5.41) is 12.9. The largest absolute Gasteiger partial charge is 0.509 e. The Bertz CT molecular complexity index is 1760. The van der Waals surface area contributed by atoms with Gasteiger partial charge >= 0.3 is 24.2 Å². The minimum Gasteiger partial charge on any atom is -0.458 e. The molecule has 5 rings (SSSR count). The van der Waals surface area contributed by atoms with Crippen LogP contribution in [0.3, 0.4) is 0 Å². The molecule has 1 aromatic rings. The first-order chi connectivity index (χ1) is 30.4. The van der Waals surface area contributed by atoms with Crippen molar-refractivity contribution < 1.29 is 76.4 Å². The average molecular weight is 922 g/mol. The first-order valence-electron chi connectivity index (χ1n) is 23.1. The maximum absolute atomic E-state index is 14.7. The summed E-state index contributed by atoms with van der Waals surface area (Å²) in [5.74, 6) is -3.50. The average Bonchev–Trinajstić information content (AvgIpc) is 3.55. The van der Waals surface area contributed by atoms with Gasteiger partial charge in [0.1, 0.15) is 18.3 Å². The minimum atomic E-state index is -1.63. The van der Waals surface area contributed by atoms with Gasteiger partial charge in [-0.15, -0.1) is 0 Å². The van der Waals surface area contributed by atoms with Gasteiger partial charge < -0.3 is 62.1 Å². The predicted octanol–water partition coefficient (Wildman–Crippen LogP) is 6.72. The van der Waals surface area contributed by atoms with Crippen LogP contribution in [-0.4, -0.2) is 140 Å². The molecule has 0 aromatic heterocycles. The number of benzene rings is 1. The van der Waals surface area contributed by atoms with E-state index in [1.54, 1.807) is 34.6 Å². The van der Waals surface area contributed by atoms with Crippen molar-refractivity contribution >= 4 is 24.2 Å². The normalized spacial score (nSPS) is 41.8. The van der Waals surface area contributed by atoms with E-state index in [2.05, 4.69) is 0 Å². The number of carbonyl (C=O) groups is 4. The van der Waals surface area contributed by atoms with Crippen molar-refractivity contribution in [3.63, 3.8) is 0 Å². The van der Waals surface area contributed by atoms with E-state index in [1.807, 2.05) is 83.9 Å². The highest BCUT2D eigenvalue weighted by molar-refractivity contribution is 5.73. The van der Waals surface area contributed by atoms with Gasteiger partial charge in [0.05, 0.1) is 42.0 Å². The Hall–Kier alpha value is -3.58. The van der Waals surface area contributed by atoms with Gasteiger partial charge in [0.2, 0.25) is 0 Å². The number of methoxy groups -OCH3 is 1. The van der Waals surface area contributed by atoms with Crippen LogP contribution in [0.1, 0.15) is 114 Å². The molecule has 4 heterocycles. The lowest BCUT2D eigenvalue weighted by atomic mass is 9.74. The Morgan fingerprint density at radius 2 is 1.55 bits per heavy atom. The SMILES string of the molecule is CC[C@@H]1OC(=O)[C@H](C)[C@H](O[C@H]2C[C@](C)(OC)[C@H](OC(=O)OCc3ccccc3)[C@@H](C)O2)[C@H](C)[C@@H](O[C@@H]2O[C@H](C)C[C@H](N(C)C)[C@H]2OC(C)=O)[C@@](C)(O)C[C@@H](C)C[C@H](C)[C@H]2OC(=O)O[C@]12C. The fourth-order valence-electron chi connectivity index (χ4n) is 10.7. The van der Waals surface area contributed by atoms with E-state index < -0.39 is 108 Å². The van der Waals surface area contributed by atoms with Crippen LogP contribution < -0.4 is 0 Å². The van der Waals surface area contributed by atoms with E-state index in [1.165, 1.54) is 14.0 Å². The molecule has 4 aliphatic rings. The van der Waals surface area contributed by atoms with Gasteiger partial charge in [-0.25, -0.2) is 9.59 Å². The van der Waals surface area contributed by atoms with Crippen molar-refractivity contribution in [3.05, 3.63) is 35.9 Å². The van der Waals surface area contributed by atoms with Crippen molar-refractivity contribution in [1.29, 1.82) is 0 Å². The molecule has 0 bridgehead atoms. The van der Waals surface area contributed by atoms with Crippen LogP contribution >= 0.6 is 0 Å². The second kappa shape index (κ2) is 21.6. The Balaban J connectivity index is 1.54. The van der Waals surface area contributed by atoms with Crippen LogP contribution in [0.2, 0.25) is 0 Å². The van der Waals surface area contributed by atoms with Gasteiger partial charge in [-0.1, -0.05) is 58.0 Å². The molecule has 18 atom stereocenters. The molecule has 0 unspecified atom stereocenters. The Morgan fingerprint density at radius 3 is 2.17 bits per heavy atom. The van der Waals surface area contributed by atoms with E-state index in [0.717, 1.165) is 5.56 Å². The summed E-state index contributed by atoms with van der Waals surface area (Å²) in [6.45, 7) is 19.4. The van der Waals surface area contributed by atoms with Crippen LogP contribution in [0.5, 0.6) is 0 Å². The molecule has 1 N–H and O–H groups in total. The number of cyclic esters (lactones) is 1. The zero-order chi connectivity index (χ0) is 48.2. The molecule has 17 heteroatoms. The highest BCUT2D eigenvalue weighted by Gasteiger charge is 2.58. The molecule has 4 saturated heterocycles. The molecular formula is C48H75NO16. The van der Waals surface area contributed by atoms with Crippen LogP contribution in [0.15, 0.2) is 30.3 Å². The Kier molecular flexibility index (Phi) is 17.4. The number of rotatable bonds is 11. The van der Waals surface area contributed by atoms with Crippen LogP contribution in [-0.2, 0) is 68.3 Å². The number of likely N-dealkylation sites (N-methyl/N-ethyl adjacent to an activating group) is 1. The van der Waals surface area contributed by atoms with E-state index >= 15 is 0 Å². The quantitative estimate of drug-likeness (QED) is 0.181. The second-order valence-electron chi connectivity index (χ2n) is 19.8. The summed E-state index contributed by atoms with van der Waals surface area (Å²) in [7, 11) is 5.28. The third-order valence-electron chi connectivity index (χ3n) is 13.9. The summed E-state index contributed by atoms with van der Waals surface area (Å²) in [5.41, 5.74) is -3.32. The van der Waals surface area contributed by atoms with Gasteiger partial charge in [-0.05, 0) is 98.7 Å². The van der Waals surface area contributed by atoms with Gasteiger partial charge in [0, 0.05) is 26.4 Å². The zero-order valence-electron chi connectivity index (χ0n) is 40.8. The van der Waals surface area contributed by atoms with Crippen molar-refractivity contribution in [3.8, 4) is 0 Å². The van der Waals surface area contributed by atoms with Crippen molar-refractivity contribution in [2.75, 3.05) is 21.2 Å². The third kappa shape index (κ3) is 12.3. The number of ether oxygens (including phenoxy) is 11. The number of aliphatic hydroxyl groups is 1. The Morgan fingerprint density at radius 1 is 0.877 bits per heavy atom. The maximum atomic E-state index is 14.7. The molecule has 368 valence electrons. The third-order valence-corrected chi connectivity index (χ3v) is 13.9. The maximum Gasteiger partial charge on any atom is 0.509 e. The van der Waals surface area contributed by atoms with E-state index in [4.69, 9.17) is 52.1 Å². The molecule has 4 fully saturated rings. The van der Waals surface area contributed by atoms with E-state index in [-0.39, 0.29) is 43.4 Å². The predicted molar refractivity (Wildman–Crippen MR) is 234 cm³/mol. The summed E-state index contributed by atoms with van der Waals surface area (Å²) >= 11 is 0. The molecule has 0 spiro atoms.